The third-order valence-electron chi connectivity index (χ3n) is 7.41. The van der Waals surface area contributed by atoms with Crippen molar-refractivity contribution in [1.29, 1.82) is 0 Å². The second-order valence-electron chi connectivity index (χ2n) is 9.44. The molecule has 0 aliphatic carbocycles. The predicted octanol–water partition coefficient (Wildman–Crippen LogP) is 8.76. The lowest BCUT2D eigenvalue weighted by atomic mass is 10.1. The highest BCUT2D eigenvalue weighted by atomic mass is 32.2. The summed E-state index contributed by atoms with van der Waals surface area (Å²) >= 11 is 1.79. The Bertz CT molecular complexity index is 2240. The van der Waals surface area contributed by atoms with E-state index in [1.54, 1.807) is 11.8 Å². The quantitative estimate of drug-likeness (QED) is 0.230. The molecule has 0 saturated heterocycles. The Morgan fingerprint density at radius 1 is 0.595 bits per heavy atom. The van der Waals surface area contributed by atoms with Crippen LogP contribution in [0.2, 0.25) is 0 Å². The highest BCUT2D eigenvalue weighted by Crippen LogP contribution is 2.47. The van der Waals surface area contributed by atoms with E-state index in [2.05, 4.69) is 95.6 Å². The standard InChI is InChI=1S/C32H17N3OS/c1-4-12-24-18(8-1)21-17-27-22(19-9-2-5-13-26(19)36-27)16-25(21)35(24)32-33-23-11-7-15-29-30(23)31(34-32)20-10-3-6-14-28(20)37-29/h1-17H. The van der Waals surface area contributed by atoms with E-state index in [1.165, 1.54) is 9.79 Å². The predicted molar refractivity (Wildman–Crippen MR) is 151 cm³/mol. The van der Waals surface area contributed by atoms with E-state index in [1.807, 2.05) is 12.1 Å². The van der Waals surface area contributed by atoms with Gasteiger partial charge in [-0.2, -0.15) is 0 Å². The fourth-order valence-corrected chi connectivity index (χ4v) is 6.90. The summed E-state index contributed by atoms with van der Waals surface area (Å²) in [5.41, 5.74) is 7.04. The van der Waals surface area contributed by atoms with Gasteiger partial charge in [0.25, 0.3) is 0 Å². The highest BCUT2D eigenvalue weighted by Gasteiger charge is 2.24. The zero-order valence-electron chi connectivity index (χ0n) is 19.5. The van der Waals surface area contributed by atoms with Gasteiger partial charge in [0, 0.05) is 42.3 Å². The minimum Gasteiger partial charge on any atom is -0.456 e. The molecule has 172 valence electrons. The molecular weight excluding hydrogens is 474 g/mol. The van der Waals surface area contributed by atoms with Crippen LogP contribution < -0.4 is 0 Å². The summed E-state index contributed by atoms with van der Waals surface area (Å²) in [4.78, 5) is 12.8. The first-order valence-corrected chi connectivity index (χ1v) is 13.1. The number of hydrogen-bond donors (Lipinski definition) is 0. The summed E-state index contributed by atoms with van der Waals surface area (Å²) in [6.45, 7) is 0. The smallest absolute Gasteiger partial charge is 0.235 e. The number of rotatable bonds is 1. The molecule has 1 aliphatic rings. The van der Waals surface area contributed by atoms with Crippen molar-refractivity contribution in [1.82, 2.24) is 14.5 Å². The minimum absolute atomic E-state index is 0.680. The SMILES string of the molecule is c1ccc2c(c1)Sc1cccc3nc(-n4c5ccccc5c5cc6oc7ccccc7c6cc54)nc-2c13. The van der Waals surface area contributed by atoms with Crippen molar-refractivity contribution >= 4 is 66.4 Å². The molecule has 4 nitrogen and oxygen atoms in total. The van der Waals surface area contributed by atoms with Gasteiger partial charge in [0.2, 0.25) is 5.95 Å². The second kappa shape index (κ2) is 6.99. The molecule has 0 spiro atoms. The van der Waals surface area contributed by atoms with Gasteiger partial charge in [0.05, 0.1) is 22.2 Å². The van der Waals surface area contributed by atoms with Gasteiger partial charge in [0.15, 0.2) is 0 Å². The lowest BCUT2D eigenvalue weighted by Gasteiger charge is -2.20. The van der Waals surface area contributed by atoms with E-state index in [9.17, 15) is 0 Å². The minimum atomic E-state index is 0.680. The van der Waals surface area contributed by atoms with E-state index in [0.717, 1.165) is 65.9 Å². The van der Waals surface area contributed by atoms with Crippen molar-refractivity contribution in [2.75, 3.05) is 0 Å². The van der Waals surface area contributed by atoms with Gasteiger partial charge >= 0.3 is 0 Å². The molecule has 0 atom stereocenters. The fraction of sp³-hybridized carbons (Fsp3) is 0. The van der Waals surface area contributed by atoms with E-state index < -0.39 is 0 Å². The van der Waals surface area contributed by atoms with Crippen LogP contribution >= 0.6 is 11.8 Å². The van der Waals surface area contributed by atoms with Crippen LogP contribution in [0.3, 0.4) is 0 Å². The van der Waals surface area contributed by atoms with Crippen molar-refractivity contribution in [3.63, 3.8) is 0 Å². The zero-order valence-corrected chi connectivity index (χ0v) is 20.3. The first-order chi connectivity index (χ1) is 18.3. The molecule has 5 aromatic carbocycles. The number of nitrogens with zero attached hydrogens (tertiary/aromatic N) is 3. The Morgan fingerprint density at radius 2 is 1.41 bits per heavy atom. The van der Waals surface area contributed by atoms with Gasteiger partial charge in [-0.1, -0.05) is 72.4 Å². The molecule has 0 fully saturated rings. The van der Waals surface area contributed by atoms with Crippen LogP contribution in [0.4, 0.5) is 0 Å². The average Bonchev–Trinajstić information content (AvgIpc) is 3.47. The summed E-state index contributed by atoms with van der Waals surface area (Å²) in [6, 6.07) is 35.9. The Morgan fingerprint density at radius 3 is 2.38 bits per heavy atom. The Labute approximate surface area is 215 Å². The molecule has 0 bridgehead atoms. The molecule has 9 rings (SSSR count). The lowest BCUT2D eigenvalue weighted by Crippen LogP contribution is -2.05. The second-order valence-corrected chi connectivity index (χ2v) is 10.5. The van der Waals surface area contributed by atoms with Crippen LogP contribution in [0.1, 0.15) is 0 Å². The average molecular weight is 492 g/mol. The molecule has 1 aliphatic heterocycles. The number of aromatic nitrogens is 3. The Hall–Kier alpha value is -4.61. The molecule has 0 amide bonds. The van der Waals surface area contributed by atoms with E-state index in [0.29, 0.717) is 5.95 Å². The van der Waals surface area contributed by atoms with E-state index >= 15 is 0 Å². The molecule has 0 saturated carbocycles. The van der Waals surface area contributed by atoms with Gasteiger partial charge in [0.1, 0.15) is 11.2 Å². The number of furan rings is 1. The number of para-hydroxylation sites is 2. The number of benzene rings is 5. The Balaban J connectivity index is 1.44. The van der Waals surface area contributed by atoms with Crippen molar-refractivity contribution in [3.05, 3.63) is 103 Å². The van der Waals surface area contributed by atoms with Crippen molar-refractivity contribution in [3.8, 4) is 17.2 Å². The molecular formula is C32H17N3OS. The van der Waals surface area contributed by atoms with E-state index in [-0.39, 0.29) is 0 Å². The first-order valence-electron chi connectivity index (χ1n) is 12.3. The van der Waals surface area contributed by atoms with Crippen molar-refractivity contribution in [2.45, 2.75) is 9.79 Å². The van der Waals surface area contributed by atoms with Crippen LogP contribution in [0.15, 0.2) is 117 Å². The summed E-state index contributed by atoms with van der Waals surface area (Å²) in [5.74, 6) is 0.680. The molecule has 8 aromatic rings. The van der Waals surface area contributed by atoms with Crippen LogP contribution in [-0.2, 0) is 0 Å². The van der Waals surface area contributed by atoms with E-state index in [4.69, 9.17) is 14.4 Å². The van der Waals surface area contributed by atoms with Crippen LogP contribution in [0, 0.1) is 0 Å². The molecule has 0 N–H and O–H groups in total. The summed E-state index contributed by atoms with van der Waals surface area (Å²) < 4.78 is 8.44. The third kappa shape index (κ3) is 2.59. The number of hydrogen-bond acceptors (Lipinski definition) is 4. The monoisotopic (exact) mass is 491 g/mol. The van der Waals surface area contributed by atoms with Gasteiger partial charge < -0.3 is 4.42 Å². The van der Waals surface area contributed by atoms with Gasteiger partial charge in [-0.05, 0) is 42.5 Å². The first kappa shape index (κ1) is 19.6. The largest absolute Gasteiger partial charge is 0.456 e. The third-order valence-corrected chi connectivity index (χ3v) is 8.54. The fourth-order valence-electron chi connectivity index (χ4n) is 5.79. The molecule has 5 heteroatoms. The summed E-state index contributed by atoms with van der Waals surface area (Å²) in [5, 5.41) is 5.62. The molecule has 37 heavy (non-hydrogen) atoms. The van der Waals surface area contributed by atoms with Crippen LogP contribution in [0.25, 0.3) is 71.9 Å². The summed E-state index contributed by atoms with van der Waals surface area (Å²) in [7, 11) is 0. The van der Waals surface area contributed by atoms with Crippen LogP contribution in [0.5, 0.6) is 0 Å². The maximum absolute atomic E-state index is 6.24. The maximum Gasteiger partial charge on any atom is 0.235 e. The van der Waals surface area contributed by atoms with Gasteiger partial charge in [-0.25, -0.2) is 9.97 Å². The normalized spacial score (nSPS) is 12.8. The molecule has 0 unspecified atom stereocenters. The van der Waals surface area contributed by atoms with Gasteiger partial charge in [-0.3, -0.25) is 4.57 Å². The maximum atomic E-state index is 6.24. The van der Waals surface area contributed by atoms with Crippen molar-refractivity contribution < 1.29 is 4.42 Å². The summed E-state index contributed by atoms with van der Waals surface area (Å²) in [6.07, 6.45) is 0. The zero-order chi connectivity index (χ0) is 24.1. The van der Waals surface area contributed by atoms with Crippen LogP contribution in [-0.4, -0.2) is 14.5 Å². The van der Waals surface area contributed by atoms with Crippen molar-refractivity contribution in [2.24, 2.45) is 0 Å². The lowest BCUT2D eigenvalue weighted by molar-refractivity contribution is 0.669. The molecule has 3 aromatic heterocycles. The number of fused-ring (bicyclic) bond motifs is 8. The molecule has 4 heterocycles. The Kier molecular flexibility index (Phi) is 3.70. The highest BCUT2D eigenvalue weighted by molar-refractivity contribution is 7.99. The topological polar surface area (TPSA) is 43.9 Å². The van der Waals surface area contributed by atoms with Gasteiger partial charge in [-0.15, -0.1) is 0 Å². The molecule has 0 radical (unpaired) electrons.